The molecule has 2 nitrogen and oxygen atoms in total. The molecular formula is C16H18O2S. The third-order valence-electron chi connectivity index (χ3n) is 2.70. The van der Waals surface area contributed by atoms with Gasteiger partial charge in [0.05, 0.1) is 12.9 Å². The van der Waals surface area contributed by atoms with Crippen LogP contribution in [-0.4, -0.2) is 24.1 Å². The van der Waals surface area contributed by atoms with Crippen molar-refractivity contribution in [3.05, 3.63) is 34.3 Å². The third kappa shape index (κ3) is 4.89. The Labute approximate surface area is 119 Å². The van der Waals surface area contributed by atoms with Crippen LogP contribution in [0.5, 0.6) is 0 Å². The van der Waals surface area contributed by atoms with Crippen LogP contribution in [0.1, 0.15) is 26.7 Å². The fourth-order valence-electron chi connectivity index (χ4n) is 1.77. The van der Waals surface area contributed by atoms with E-state index in [-0.39, 0.29) is 11.2 Å². The van der Waals surface area contributed by atoms with E-state index >= 15 is 0 Å². The number of allylic oxidation sites excluding steroid dienone is 3. The van der Waals surface area contributed by atoms with Crippen molar-refractivity contribution in [1.29, 1.82) is 0 Å². The lowest BCUT2D eigenvalue weighted by Gasteiger charge is -2.09. The monoisotopic (exact) mass is 274 g/mol. The van der Waals surface area contributed by atoms with Crippen molar-refractivity contribution in [3.63, 3.8) is 0 Å². The number of methoxy groups -OCH3 is 1. The van der Waals surface area contributed by atoms with Crippen molar-refractivity contribution in [2.75, 3.05) is 12.9 Å². The molecule has 0 aromatic rings. The minimum Gasteiger partial charge on any atom is -0.468 e. The number of carbonyl (C=O) groups is 1. The van der Waals surface area contributed by atoms with Crippen molar-refractivity contribution in [3.8, 4) is 12.3 Å². The zero-order chi connectivity index (χ0) is 14.3. The highest BCUT2D eigenvalue weighted by molar-refractivity contribution is 8.00. The van der Waals surface area contributed by atoms with Gasteiger partial charge in [0.25, 0.3) is 0 Å². The van der Waals surface area contributed by atoms with E-state index in [1.165, 1.54) is 7.11 Å². The summed E-state index contributed by atoms with van der Waals surface area (Å²) in [6.45, 7) is 3.95. The average Bonchev–Trinajstić information content (AvgIpc) is 2.77. The van der Waals surface area contributed by atoms with Gasteiger partial charge in [-0.25, -0.2) is 0 Å². The summed E-state index contributed by atoms with van der Waals surface area (Å²) >= 11 is 1.54. The molecule has 1 atom stereocenters. The first-order chi connectivity index (χ1) is 9.08. The summed E-state index contributed by atoms with van der Waals surface area (Å²) < 4.78 is 4.64. The minimum absolute atomic E-state index is 0.212. The molecular weight excluding hydrogens is 256 g/mol. The van der Waals surface area contributed by atoms with Crippen LogP contribution >= 0.6 is 11.8 Å². The quantitative estimate of drug-likeness (QED) is 0.447. The van der Waals surface area contributed by atoms with E-state index in [9.17, 15) is 4.79 Å². The Bertz CT molecular complexity index is 517. The van der Waals surface area contributed by atoms with Gasteiger partial charge in [-0.15, -0.1) is 18.2 Å². The fraction of sp³-hybridized carbons (Fsp3) is 0.438. The topological polar surface area (TPSA) is 26.3 Å². The summed E-state index contributed by atoms with van der Waals surface area (Å²) in [6, 6.07) is 0. The largest absolute Gasteiger partial charge is 0.468 e. The van der Waals surface area contributed by atoms with E-state index in [1.807, 2.05) is 19.9 Å². The Hall–Kier alpha value is -1.58. The number of ether oxygens (including phenoxy) is 1. The molecule has 0 N–H and O–H groups in total. The van der Waals surface area contributed by atoms with Gasteiger partial charge < -0.3 is 4.74 Å². The van der Waals surface area contributed by atoms with Crippen LogP contribution in [0.2, 0.25) is 0 Å². The van der Waals surface area contributed by atoms with Crippen LogP contribution in [0.3, 0.4) is 0 Å². The molecule has 0 heterocycles. The van der Waals surface area contributed by atoms with Crippen LogP contribution < -0.4 is 0 Å². The SMILES string of the molecule is C#CC1=C(C=C=C=C(C)C)CC[C@@H]1SCC(=O)OC. The Morgan fingerprint density at radius 3 is 2.89 bits per heavy atom. The standard InChI is InChI=1S/C16H18O2S/c1-5-14-13(8-6-7-12(2)3)9-10-15(14)19-11-16(17)18-4/h1,8,15H,9-11H2,2-4H3/t15-/m0/s1. The van der Waals surface area contributed by atoms with Gasteiger partial charge in [0.15, 0.2) is 0 Å². The first-order valence-electron chi connectivity index (χ1n) is 6.11. The van der Waals surface area contributed by atoms with Gasteiger partial charge >= 0.3 is 5.97 Å². The molecule has 0 radical (unpaired) electrons. The van der Waals surface area contributed by atoms with Crippen molar-refractivity contribution in [1.82, 2.24) is 0 Å². The van der Waals surface area contributed by atoms with Crippen molar-refractivity contribution < 1.29 is 9.53 Å². The molecule has 0 amide bonds. The lowest BCUT2D eigenvalue weighted by Crippen LogP contribution is -2.09. The average molecular weight is 274 g/mol. The lowest BCUT2D eigenvalue weighted by atomic mass is 10.1. The summed E-state index contributed by atoms with van der Waals surface area (Å²) in [4.78, 5) is 11.1. The molecule has 100 valence electrons. The molecule has 0 aliphatic heterocycles. The Morgan fingerprint density at radius 2 is 2.32 bits per heavy atom. The molecule has 0 spiro atoms. The van der Waals surface area contributed by atoms with Crippen LogP contribution in [0.15, 0.2) is 34.3 Å². The maximum absolute atomic E-state index is 11.1. The zero-order valence-corrected chi connectivity index (χ0v) is 12.4. The fourth-order valence-corrected chi connectivity index (χ4v) is 2.90. The minimum atomic E-state index is -0.213. The van der Waals surface area contributed by atoms with E-state index in [0.29, 0.717) is 5.75 Å². The number of rotatable bonds is 4. The Balaban J connectivity index is 2.82. The molecule has 3 heteroatoms. The maximum Gasteiger partial charge on any atom is 0.315 e. The van der Waals surface area contributed by atoms with E-state index in [2.05, 4.69) is 22.1 Å². The van der Waals surface area contributed by atoms with Crippen molar-refractivity contribution >= 4 is 17.7 Å². The number of hydrogen-bond acceptors (Lipinski definition) is 3. The number of hydrogen-bond donors (Lipinski definition) is 0. The molecule has 0 unspecified atom stereocenters. The number of carbonyl (C=O) groups excluding carboxylic acids is 1. The van der Waals surface area contributed by atoms with E-state index in [1.54, 1.807) is 11.8 Å². The highest BCUT2D eigenvalue weighted by Crippen LogP contribution is 2.35. The first kappa shape index (κ1) is 15.5. The number of terminal acetylenes is 1. The first-order valence-corrected chi connectivity index (χ1v) is 7.16. The number of esters is 1. The summed E-state index contributed by atoms with van der Waals surface area (Å²) in [6.07, 6.45) is 9.37. The van der Waals surface area contributed by atoms with Gasteiger partial charge in [-0.05, 0) is 43.9 Å². The maximum atomic E-state index is 11.1. The van der Waals surface area contributed by atoms with Crippen LogP contribution in [0.4, 0.5) is 0 Å². The molecule has 0 bridgehead atoms. The highest BCUT2D eigenvalue weighted by Gasteiger charge is 2.24. The van der Waals surface area contributed by atoms with E-state index in [4.69, 9.17) is 6.42 Å². The zero-order valence-electron chi connectivity index (χ0n) is 11.6. The molecule has 1 aliphatic carbocycles. The summed E-state index contributed by atoms with van der Waals surface area (Å²) in [5.74, 6) is 2.87. The smallest absolute Gasteiger partial charge is 0.315 e. The van der Waals surface area contributed by atoms with Gasteiger partial charge in [0, 0.05) is 10.8 Å². The normalized spacial score (nSPS) is 17.3. The molecule has 1 rings (SSSR count). The van der Waals surface area contributed by atoms with E-state index in [0.717, 1.165) is 29.6 Å². The molecule has 1 aliphatic rings. The molecule has 0 aromatic heterocycles. The summed E-state index contributed by atoms with van der Waals surface area (Å²) in [5, 5.41) is 0.212. The van der Waals surface area contributed by atoms with Gasteiger partial charge in [-0.1, -0.05) is 17.4 Å². The van der Waals surface area contributed by atoms with Gasteiger partial charge in [0.2, 0.25) is 0 Å². The second-order valence-electron chi connectivity index (χ2n) is 4.41. The lowest BCUT2D eigenvalue weighted by molar-refractivity contribution is -0.137. The molecule has 0 saturated carbocycles. The third-order valence-corrected chi connectivity index (χ3v) is 3.97. The molecule has 19 heavy (non-hydrogen) atoms. The summed E-state index contributed by atoms with van der Waals surface area (Å²) in [7, 11) is 1.40. The number of thioether (sulfide) groups is 1. The highest BCUT2D eigenvalue weighted by atomic mass is 32.2. The van der Waals surface area contributed by atoms with Crippen molar-refractivity contribution in [2.24, 2.45) is 0 Å². The second kappa shape index (κ2) is 7.77. The van der Waals surface area contributed by atoms with E-state index < -0.39 is 0 Å². The molecule has 0 fully saturated rings. The van der Waals surface area contributed by atoms with Crippen LogP contribution in [0, 0.1) is 12.3 Å². The van der Waals surface area contributed by atoms with Crippen molar-refractivity contribution in [2.45, 2.75) is 31.9 Å². The van der Waals surface area contributed by atoms with Crippen LogP contribution in [-0.2, 0) is 9.53 Å². The summed E-state index contributed by atoms with van der Waals surface area (Å²) in [5.41, 5.74) is 9.21. The molecule has 0 aromatic carbocycles. The Morgan fingerprint density at radius 1 is 1.58 bits per heavy atom. The predicted molar refractivity (Wildman–Crippen MR) is 79.8 cm³/mol. The second-order valence-corrected chi connectivity index (χ2v) is 5.60. The predicted octanol–water partition coefficient (Wildman–Crippen LogP) is 3.26. The molecule has 0 saturated heterocycles. The van der Waals surface area contributed by atoms with Gasteiger partial charge in [0.1, 0.15) is 0 Å². The Kier molecular flexibility index (Phi) is 6.33. The van der Waals surface area contributed by atoms with Crippen LogP contribution in [0.25, 0.3) is 0 Å². The van der Waals surface area contributed by atoms with Gasteiger partial charge in [-0.2, -0.15) is 0 Å². The van der Waals surface area contributed by atoms with Gasteiger partial charge in [-0.3, -0.25) is 4.79 Å².